The Hall–Kier alpha value is -6.92. The third kappa shape index (κ3) is 9.36. The van der Waals surface area contributed by atoms with Crippen LogP contribution in [0.2, 0.25) is 0 Å². The third-order valence-corrected chi connectivity index (χ3v) is 9.25. The number of rotatable bonds is 9. The second kappa shape index (κ2) is 17.5. The number of allylic oxidation sites excluding steroid dienone is 1. The zero-order valence-electron chi connectivity index (χ0n) is 30.9. The maximum atomic E-state index is 13.6. The van der Waals surface area contributed by atoms with Crippen molar-refractivity contribution in [2.24, 2.45) is 4.99 Å². The number of pyridine rings is 2. The van der Waals surface area contributed by atoms with E-state index in [1.807, 2.05) is 89.6 Å². The topological polar surface area (TPSA) is 83.7 Å². The summed E-state index contributed by atoms with van der Waals surface area (Å²) in [5.74, 6) is -1.58. The molecule has 9 rings (SSSR count). The third-order valence-electron chi connectivity index (χ3n) is 9.25. The van der Waals surface area contributed by atoms with Gasteiger partial charge in [-0.25, -0.2) is 22.2 Å². The second-order valence-corrected chi connectivity index (χ2v) is 13.4. The highest BCUT2D eigenvalue weighted by atomic mass is 19.1. The molecule has 0 saturated carbocycles. The predicted molar refractivity (Wildman–Crippen MR) is 215 cm³/mol. The minimum absolute atomic E-state index is 0.0930. The van der Waals surface area contributed by atoms with Gasteiger partial charge in [0.2, 0.25) is 0 Å². The molecule has 1 fully saturated rings. The van der Waals surface area contributed by atoms with Crippen LogP contribution >= 0.6 is 0 Å². The van der Waals surface area contributed by atoms with E-state index in [1.165, 1.54) is 0 Å². The normalized spacial score (nSPS) is 15.0. The molecular weight excluding hydrogens is 747 g/mol. The Morgan fingerprint density at radius 1 is 0.621 bits per heavy atom. The number of hydrogen-bond donors (Lipinski definition) is 0. The van der Waals surface area contributed by atoms with Gasteiger partial charge in [-0.3, -0.25) is 15.0 Å². The molecule has 7 aromatic rings. The van der Waals surface area contributed by atoms with Crippen molar-refractivity contribution < 1.29 is 31.8 Å². The van der Waals surface area contributed by atoms with Crippen molar-refractivity contribution in [2.45, 2.75) is 32.0 Å². The van der Waals surface area contributed by atoms with Gasteiger partial charge in [0.05, 0.1) is 34.9 Å². The van der Waals surface area contributed by atoms with Crippen molar-refractivity contribution >= 4 is 34.8 Å². The Bertz CT molecular complexity index is 2600. The molecule has 0 N–H and O–H groups in total. The van der Waals surface area contributed by atoms with Gasteiger partial charge in [0.25, 0.3) is 0 Å². The largest absolute Gasteiger partial charge is 0.457 e. The summed E-state index contributed by atoms with van der Waals surface area (Å²) in [6.07, 6.45) is 13.9. The van der Waals surface area contributed by atoms with Crippen LogP contribution in [-0.2, 0) is 11.3 Å². The minimum Gasteiger partial charge on any atom is -0.457 e. The number of benzene rings is 4. The first-order chi connectivity index (χ1) is 28.3. The lowest BCUT2D eigenvalue weighted by molar-refractivity contribution is -0.0367. The van der Waals surface area contributed by atoms with E-state index in [0.717, 1.165) is 100 Å². The number of halogens is 4. The number of hydrogen-bond acceptors (Lipinski definition) is 7. The molecule has 0 bridgehead atoms. The molecule has 0 aliphatic carbocycles. The van der Waals surface area contributed by atoms with Crippen molar-refractivity contribution in [1.29, 1.82) is 0 Å². The molecule has 1 saturated heterocycles. The van der Waals surface area contributed by atoms with Gasteiger partial charge in [0, 0.05) is 66.3 Å². The lowest BCUT2D eigenvalue weighted by atomic mass is 10.0. The molecule has 290 valence electrons. The van der Waals surface area contributed by atoms with Crippen molar-refractivity contribution in [3.63, 3.8) is 0 Å². The summed E-state index contributed by atoms with van der Waals surface area (Å²) in [5, 5.41) is 5.65. The lowest BCUT2D eigenvalue weighted by Gasteiger charge is -2.23. The molecule has 0 spiro atoms. The van der Waals surface area contributed by atoms with E-state index < -0.39 is 23.3 Å². The van der Waals surface area contributed by atoms with E-state index in [9.17, 15) is 17.6 Å². The van der Waals surface area contributed by atoms with Crippen molar-refractivity contribution in [2.75, 3.05) is 6.61 Å². The fourth-order valence-corrected chi connectivity index (χ4v) is 6.58. The summed E-state index contributed by atoms with van der Waals surface area (Å²) in [7, 11) is 0. The Morgan fingerprint density at radius 3 is 1.84 bits per heavy atom. The van der Waals surface area contributed by atoms with Crippen LogP contribution in [0.1, 0.15) is 53.7 Å². The summed E-state index contributed by atoms with van der Waals surface area (Å²) in [6, 6.07) is 28.6. The Morgan fingerprint density at radius 2 is 1.24 bits per heavy atom. The SMILES string of the molecule is Fc1cc(F)cc(Oc2ccc3c(c2)C(/C=C/c2ccccn2)=NC3)c1.Fc1cc(F)cc(Oc2ccc3c(c2)c(/C=C/c2ccccn2)nn3C2CCCCO2)c1. The minimum atomic E-state index is -0.692. The zero-order chi connectivity index (χ0) is 39.8. The van der Waals surface area contributed by atoms with E-state index in [0.29, 0.717) is 24.7 Å². The number of aromatic nitrogens is 4. The first kappa shape index (κ1) is 38.0. The Balaban J connectivity index is 0.000000165. The van der Waals surface area contributed by atoms with Gasteiger partial charge in [-0.2, -0.15) is 5.10 Å². The molecule has 0 radical (unpaired) electrons. The molecule has 1 unspecified atom stereocenters. The van der Waals surface area contributed by atoms with Gasteiger partial charge in [-0.15, -0.1) is 0 Å². The van der Waals surface area contributed by atoms with Crippen LogP contribution in [0.4, 0.5) is 17.6 Å². The van der Waals surface area contributed by atoms with Crippen LogP contribution in [-0.4, -0.2) is 32.1 Å². The Kier molecular flexibility index (Phi) is 11.4. The fourth-order valence-electron chi connectivity index (χ4n) is 6.58. The van der Waals surface area contributed by atoms with E-state index >= 15 is 0 Å². The molecule has 4 aromatic carbocycles. The Labute approximate surface area is 331 Å². The quantitative estimate of drug-likeness (QED) is 0.136. The van der Waals surface area contributed by atoms with Crippen LogP contribution in [0, 0.1) is 23.3 Å². The van der Waals surface area contributed by atoms with Gasteiger partial charge in [-0.1, -0.05) is 18.2 Å². The highest BCUT2D eigenvalue weighted by molar-refractivity contribution is 6.13. The zero-order valence-corrected chi connectivity index (χ0v) is 30.9. The van der Waals surface area contributed by atoms with Crippen LogP contribution in [0.25, 0.3) is 29.1 Å². The molecular formula is C46H35F4N5O3. The molecule has 2 aliphatic heterocycles. The molecule has 3 aromatic heterocycles. The molecule has 0 amide bonds. The molecule has 2 aliphatic rings. The summed E-state index contributed by atoms with van der Waals surface area (Å²) in [4.78, 5) is 13.1. The van der Waals surface area contributed by atoms with E-state index in [2.05, 4.69) is 15.0 Å². The number of aliphatic imine (C=N–C) groups is 1. The fraction of sp³-hybridized carbons (Fsp3) is 0.130. The lowest BCUT2D eigenvalue weighted by Crippen LogP contribution is -2.19. The maximum Gasteiger partial charge on any atom is 0.150 e. The van der Waals surface area contributed by atoms with E-state index in [-0.39, 0.29) is 17.7 Å². The highest BCUT2D eigenvalue weighted by Gasteiger charge is 2.21. The van der Waals surface area contributed by atoms with Gasteiger partial charge in [0.15, 0.2) is 6.23 Å². The molecule has 8 nitrogen and oxygen atoms in total. The monoisotopic (exact) mass is 781 g/mol. The summed E-state index contributed by atoms with van der Waals surface area (Å²) >= 11 is 0. The number of ether oxygens (including phenoxy) is 3. The van der Waals surface area contributed by atoms with Crippen molar-refractivity contribution in [3.05, 3.63) is 179 Å². The van der Waals surface area contributed by atoms with Crippen LogP contribution in [0.3, 0.4) is 0 Å². The number of nitrogens with zero attached hydrogens (tertiary/aromatic N) is 5. The summed E-state index contributed by atoms with van der Waals surface area (Å²) < 4.78 is 72.9. The molecule has 12 heteroatoms. The smallest absolute Gasteiger partial charge is 0.150 e. The van der Waals surface area contributed by atoms with Gasteiger partial charge >= 0.3 is 0 Å². The standard InChI is InChI=1S/C25H21F2N3O2.C21H14F2N2O/c26-17-13-18(27)15-21(14-17)32-20-8-10-24-22(16-20)23(9-7-19-5-1-3-11-28-19)29-30(24)25-6-2-4-12-31-25;22-15-9-16(23)11-19(10-15)26-18-6-4-14-13-25-21(20(14)12-18)7-5-17-3-1-2-8-24-17/h1,3,5,7-11,13-16,25H,2,4,6,12H2;1-12H,13H2/b9-7+;7-5+. The van der Waals surface area contributed by atoms with Crippen molar-refractivity contribution in [3.8, 4) is 23.0 Å². The average molecular weight is 782 g/mol. The number of fused-ring (bicyclic) bond motifs is 2. The predicted octanol–water partition coefficient (Wildman–Crippen LogP) is 11.5. The van der Waals surface area contributed by atoms with E-state index in [1.54, 1.807) is 24.5 Å². The maximum absolute atomic E-state index is 13.6. The van der Waals surface area contributed by atoms with Crippen LogP contribution < -0.4 is 9.47 Å². The molecule has 1 atom stereocenters. The van der Waals surface area contributed by atoms with Gasteiger partial charge < -0.3 is 14.2 Å². The second-order valence-electron chi connectivity index (χ2n) is 13.4. The first-order valence-corrected chi connectivity index (χ1v) is 18.6. The molecule has 58 heavy (non-hydrogen) atoms. The van der Waals surface area contributed by atoms with Crippen LogP contribution in [0.15, 0.2) is 133 Å². The molecule has 5 heterocycles. The van der Waals surface area contributed by atoms with Crippen molar-refractivity contribution in [1.82, 2.24) is 19.7 Å². The van der Waals surface area contributed by atoms with Gasteiger partial charge in [0.1, 0.15) is 46.3 Å². The highest BCUT2D eigenvalue weighted by Crippen LogP contribution is 2.33. The summed E-state index contributed by atoms with van der Waals surface area (Å²) in [5.41, 5.74) is 6.11. The first-order valence-electron chi connectivity index (χ1n) is 18.6. The summed E-state index contributed by atoms with van der Waals surface area (Å²) in [6.45, 7) is 1.30. The van der Waals surface area contributed by atoms with Gasteiger partial charge in [-0.05, 0) is 104 Å². The average Bonchev–Trinajstić information content (AvgIpc) is 3.80. The van der Waals surface area contributed by atoms with E-state index in [4.69, 9.17) is 19.3 Å². The van der Waals surface area contributed by atoms with Crippen LogP contribution in [0.5, 0.6) is 23.0 Å².